The fraction of sp³-hybridized carbons (Fsp3) is 0.529. The number of amides is 1. The first-order valence-corrected chi connectivity index (χ1v) is 10.1. The molecule has 0 aliphatic heterocycles. The van der Waals surface area contributed by atoms with E-state index in [2.05, 4.69) is 23.8 Å². The number of ether oxygens (including phenoxy) is 1. The van der Waals surface area contributed by atoms with Gasteiger partial charge < -0.3 is 4.74 Å². The van der Waals surface area contributed by atoms with Crippen LogP contribution in [0.15, 0.2) is 5.38 Å². The first-order chi connectivity index (χ1) is 11.9. The molecule has 0 radical (unpaired) electrons. The number of aromatic nitrogens is 2. The first-order valence-electron chi connectivity index (χ1n) is 8.35. The molecule has 2 heterocycles. The summed E-state index contributed by atoms with van der Waals surface area (Å²) in [4.78, 5) is 36.1. The Bertz CT molecular complexity index is 793. The molecule has 0 N–H and O–H groups in total. The third-order valence-corrected chi connectivity index (χ3v) is 5.86. The van der Waals surface area contributed by atoms with Gasteiger partial charge in [0.15, 0.2) is 10.1 Å². The van der Waals surface area contributed by atoms with Gasteiger partial charge in [-0.3, -0.25) is 9.69 Å². The summed E-state index contributed by atoms with van der Waals surface area (Å²) in [6.45, 7) is 7.95. The fourth-order valence-corrected chi connectivity index (χ4v) is 4.31. The molecular weight excluding hydrogens is 358 g/mol. The van der Waals surface area contributed by atoms with Gasteiger partial charge in [-0.05, 0) is 32.6 Å². The van der Waals surface area contributed by atoms with Crippen LogP contribution in [0.1, 0.15) is 70.4 Å². The molecule has 2 aromatic rings. The molecule has 0 atom stereocenters. The van der Waals surface area contributed by atoms with E-state index in [1.165, 1.54) is 22.7 Å². The van der Waals surface area contributed by atoms with E-state index in [0.29, 0.717) is 27.3 Å². The number of carbonyl (C=O) groups is 2. The predicted octanol–water partition coefficient (Wildman–Crippen LogP) is 4.02. The van der Waals surface area contributed by atoms with E-state index in [0.717, 1.165) is 18.5 Å². The van der Waals surface area contributed by atoms with Crippen molar-refractivity contribution in [2.24, 2.45) is 0 Å². The van der Waals surface area contributed by atoms with Gasteiger partial charge >= 0.3 is 5.97 Å². The van der Waals surface area contributed by atoms with Crippen LogP contribution in [0, 0.1) is 6.92 Å². The minimum Gasteiger partial charge on any atom is -0.462 e. The van der Waals surface area contributed by atoms with Gasteiger partial charge in [-0.25, -0.2) is 14.8 Å². The highest BCUT2D eigenvalue weighted by Crippen LogP contribution is 2.37. The lowest BCUT2D eigenvalue weighted by Gasteiger charge is -2.17. The smallest absolute Gasteiger partial charge is 0.350 e. The molecule has 0 bridgehead atoms. The number of carbonyl (C=O) groups excluding carboxylic acids is 2. The van der Waals surface area contributed by atoms with E-state index in [1.54, 1.807) is 18.7 Å². The molecule has 0 aromatic carbocycles. The third-order valence-electron chi connectivity index (χ3n) is 3.88. The maximum Gasteiger partial charge on any atom is 0.350 e. The van der Waals surface area contributed by atoms with E-state index in [4.69, 9.17) is 4.74 Å². The predicted molar refractivity (Wildman–Crippen MR) is 98.8 cm³/mol. The van der Waals surface area contributed by atoms with Crippen molar-refractivity contribution in [1.29, 1.82) is 0 Å². The summed E-state index contributed by atoms with van der Waals surface area (Å²) >= 11 is 2.58. The Labute approximate surface area is 154 Å². The highest BCUT2D eigenvalue weighted by atomic mass is 32.1. The molecule has 1 amide bonds. The Morgan fingerprint density at radius 2 is 2.08 bits per heavy atom. The van der Waals surface area contributed by atoms with Gasteiger partial charge in [0.2, 0.25) is 0 Å². The Kier molecular flexibility index (Phi) is 5.19. The van der Waals surface area contributed by atoms with Gasteiger partial charge in [-0.1, -0.05) is 25.2 Å². The van der Waals surface area contributed by atoms with Crippen molar-refractivity contribution in [1.82, 2.24) is 9.97 Å². The number of aryl methyl sites for hydroxylation is 1. The van der Waals surface area contributed by atoms with E-state index >= 15 is 0 Å². The topological polar surface area (TPSA) is 72.4 Å². The number of anilines is 1. The van der Waals surface area contributed by atoms with Gasteiger partial charge in [0.25, 0.3) is 5.91 Å². The minimum atomic E-state index is -0.386. The molecule has 2 aromatic heterocycles. The van der Waals surface area contributed by atoms with Gasteiger partial charge in [-0.2, -0.15) is 0 Å². The van der Waals surface area contributed by atoms with Crippen LogP contribution in [0.3, 0.4) is 0 Å². The Balaban J connectivity index is 1.90. The Hall–Kier alpha value is -1.80. The average Bonchev–Trinajstić information content (AvgIpc) is 3.11. The van der Waals surface area contributed by atoms with Crippen LogP contribution in [0.4, 0.5) is 5.13 Å². The lowest BCUT2D eigenvalue weighted by Crippen LogP contribution is -2.33. The summed E-state index contributed by atoms with van der Waals surface area (Å²) in [5.74, 6) is -0.239. The molecule has 0 spiro atoms. The molecule has 1 saturated carbocycles. The van der Waals surface area contributed by atoms with Crippen molar-refractivity contribution in [3.63, 3.8) is 0 Å². The number of esters is 1. The molecule has 1 aliphatic carbocycles. The first kappa shape index (κ1) is 18.0. The van der Waals surface area contributed by atoms with E-state index in [-0.39, 0.29) is 23.8 Å². The van der Waals surface area contributed by atoms with Crippen molar-refractivity contribution in [2.45, 2.75) is 52.5 Å². The molecule has 6 nitrogen and oxygen atoms in total. The molecule has 0 saturated heterocycles. The standard InChI is InChI=1S/C17H21N3O3S2/c1-5-23-16(22)13-10(4)18-17(25-13)20(11-6-7-11)15(21)14-19-12(8-24-14)9(2)3/h8-9,11H,5-7H2,1-4H3. The van der Waals surface area contributed by atoms with E-state index < -0.39 is 0 Å². The maximum atomic E-state index is 13.0. The number of thiazole rings is 2. The fourth-order valence-electron chi connectivity index (χ4n) is 2.37. The summed E-state index contributed by atoms with van der Waals surface area (Å²) in [6, 6.07) is 0.138. The summed E-state index contributed by atoms with van der Waals surface area (Å²) < 4.78 is 5.07. The third kappa shape index (κ3) is 3.74. The van der Waals surface area contributed by atoms with Gasteiger partial charge in [0, 0.05) is 11.4 Å². The molecule has 25 heavy (non-hydrogen) atoms. The average molecular weight is 380 g/mol. The van der Waals surface area contributed by atoms with E-state index in [1.807, 2.05) is 5.38 Å². The SMILES string of the molecule is CCOC(=O)c1sc(N(C(=O)c2nc(C(C)C)cs2)C2CC2)nc1C. The summed E-state index contributed by atoms with van der Waals surface area (Å²) in [6.07, 6.45) is 1.89. The minimum absolute atomic E-state index is 0.136. The number of rotatable bonds is 6. The Morgan fingerprint density at radius 1 is 1.36 bits per heavy atom. The zero-order valence-electron chi connectivity index (χ0n) is 14.7. The summed E-state index contributed by atoms with van der Waals surface area (Å²) in [7, 11) is 0. The highest BCUT2D eigenvalue weighted by Gasteiger charge is 2.38. The normalized spacial score (nSPS) is 14.0. The monoisotopic (exact) mass is 379 g/mol. The van der Waals surface area contributed by atoms with Crippen molar-refractivity contribution in [3.05, 3.63) is 26.7 Å². The van der Waals surface area contributed by atoms with Crippen LogP contribution in [-0.4, -0.2) is 34.5 Å². The van der Waals surface area contributed by atoms with Crippen LogP contribution in [-0.2, 0) is 4.74 Å². The molecule has 0 unspecified atom stereocenters. The molecule has 8 heteroatoms. The zero-order valence-corrected chi connectivity index (χ0v) is 16.4. The number of hydrogen-bond acceptors (Lipinski definition) is 7. The van der Waals surface area contributed by atoms with Gasteiger partial charge in [-0.15, -0.1) is 11.3 Å². The molecular formula is C17H21N3O3S2. The molecule has 134 valence electrons. The summed E-state index contributed by atoms with van der Waals surface area (Å²) in [5.41, 5.74) is 1.52. The lowest BCUT2D eigenvalue weighted by atomic mass is 10.2. The lowest BCUT2D eigenvalue weighted by molar-refractivity contribution is 0.0531. The Morgan fingerprint density at radius 3 is 2.64 bits per heavy atom. The quantitative estimate of drug-likeness (QED) is 0.709. The van der Waals surface area contributed by atoms with Crippen LogP contribution in [0.2, 0.25) is 0 Å². The van der Waals surface area contributed by atoms with Crippen LogP contribution in [0.5, 0.6) is 0 Å². The van der Waals surface area contributed by atoms with Crippen LogP contribution in [0.25, 0.3) is 0 Å². The molecule has 3 rings (SSSR count). The summed E-state index contributed by atoms with van der Waals surface area (Å²) in [5, 5.41) is 2.95. The molecule has 1 fully saturated rings. The van der Waals surface area contributed by atoms with Gasteiger partial charge in [0.05, 0.1) is 18.0 Å². The maximum absolute atomic E-state index is 13.0. The second-order valence-corrected chi connectivity index (χ2v) is 8.11. The van der Waals surface area contributed by atoms with Crippen molar-refractivity contribution in [3.8, 4) is 0 Å². The van der Waals surface area contributed by atoms with E-state index in [9.17, 15) is 9.59 Å². The molecule has 1 aliphatic rings. The second kappa shape index (κ2) is 7.21. The zero-order chi connectivity index (χ0) is 18.1. The van der Waals surface area contributed by atoms with Gasteiger partial charge in [0.1, 0.15) is 4.88 Å². The second-order valence-electron chi connectivity index (χ2n) is 6.27. The number of hydrogen-bond donors (Lipinski definition) is 0. The largest absolute Gasteiger partial charge is 0.462 e. The van der Waals surface area contributed by atoms with Crippen molar-refractivity contribution >= 4 is 39.7 Å². The van der Waals surface area contributed by atoms with Crippen molar-refractivity contribution in [2.75, 3.05) is 11.5 Å². The highest BCUT2D eigenvalue weighted by molar-refractivity contribution is 7.18. The number of nitrogens with zero attached hydrogens (tertiary/aromatic N) is 3. The van der Waals surface area contributed by atoms with Crippen LogP contribution < -0.4 is 4.90 Å². The van der Waals surface area contributed by atoms with Crippen LogP contribution >= 0.6 is 22.7 Å². The van der Waals surface area contributed by atoms with Crippen molar-refractivity contribution < 1.29 is 14.3 Å².